The third-order valence-electron chi connectivity index (χ3n) is 5.88. The van der Waals surface area contributed by atoms with Crippen LogP contribution in [0.4, 0.5) is 5.69 Å². The molecule has 1 unspecified atom stereocenters. The number of hydrogen-bond acceptors (Lipinski definition) is 2. The van der Waals surface area contributed by atoms with E-state index in [2.05, 4.69) is 84.6 Å². The van der Waals surface area contributed by atoms with E-state index >= 15 is 0 Å². The predicted molar refractivity (Wildman–Crippen MR) is 127 cm³/mol. The largest absolute Gasteiger partial charge is 0.508 e. The lowest BCUT2D eigenvalue weighted by atomic mass is 9.91. The Morgan fingerprint density at radius 2 is 1.57 bits per heavy atom. The second-order valence-electron chi connectivity index (χ2n) is 8.50. The molecule has 0 aromatic heterocycles. The Hall–Kier alpha value is -1.53. The summed E-state index contributed by atoms with van der Waals surface area (Å²) in [6.45, 7) is 18.0. The van der Waals surface area contributed by atoms with Gasteiger partial charge >= 0.3 is 0 Å². The average Bonchev–Trinajstić information content (AvgIpc) is 2.63. The molecule has 0 spiro atoms. The van der Waals surface area contributed by atoms with E-state index in [4.69, 9.17) is 0 Å². The average molecular weight is 400 g/mol. The van der Waals surface area contributed by atoms with Gasteiger partial charge in [-0.15, -0.1) is 0 Å². The molecular formula is C25H38NOP. The molecule has 0 aliphatic heterocycles. The molecule has 2 aromatic carbocycles. The normalized spacial score (nSPS) is 12.5. The second-order valence-corrected chi connectivity index (χ2v) is 10.2. The maximum atomic E-state index is 10.7. The Bertz CT molecular complexity index is 785. The van der Waals surface area contributed by atoms with Crippen molar-refractivity contribution in [1.82, 2.24) is 0 Å². The van der Waals surface area contributed by atoms with Gasteiger partial charge in [-0.05, 0) is 77.4 Å². The molecule has 0 aliphatic carbocycles. The van der Waals surface area contributed by atoms with Gasteiger partial charge in [0.05, 0.1) is 0 Å². The van der Waals surface area contributed by atoms with Crippen molar-refractivity contribution in [2.24, 2.45) is 0 Å². The van der Waals surface area contributed by atoms with Gasteiger partial charge in [0.2, 0.25) is 0 Å². The van der Waals surface area contributed by atoms with Crippen molar-refractivity contribution >= 4 is 19.6 Å². The summed E-state index contributed by atoms with van der Waals surface area (Å²) in [6.07, 6.45) is 2.02. The molecule has 0 aliphatic rings. The van der Waals surface area contributed by atoms with Crippen LogP contribution in [0.5, 0.6) is 5.75 Å². The van der Waals surface area contributed by atoms with Gasteiger partial charge in [-0.3, -0.25) is 0 Å². The van der Waals surface area contributed by atoms with Crippen LogP contribution in [0.1, 0.15) is 71.1 Å². The van der Waals surface area contributed by atoms with Crippen molar-refractivity contribution in [3.05, 3.63) is 53.1 Å². The van der Waals surface area contributed by atoms with Crippen LogP contribution >= 0.6 is 8.58 Å². The van der Waals surface area contributed by atoms with Crippen LogP contribution in [0.25, 0.3) is 0 Å². The Morgan fingerprint density at radius 3 is 2.11 bits per heavy atom. The Kier molecular flexibility index (Phi) is 7.57. The zero-order chi connectivity index (χ0) is 21.1. The summed E-state index contributed by atoms with van der Waals surface area (Å²) < 4.78 is 0. The number of benzene rings is 2. The molecule has 0 saturated heterocycles. The monoisotopic (exact) mass is 399 g/mol. The number of aryl methyl sites for hydroxylation is 2. The highest BCUT2D eigenvalue weighted by molar-refractivity contribution is 7.49. The number of phenolic OH excluding ortho intramolecular Hbond substituents is 1. The van der Waals surface area contributed by atoms with Gasteiger partial charge in [-0.1, -0.05) is 52.3 Å². The Morgan fingerprint density at radius 1 is 0.964 bits per heavy atom. The predicted octanol–water partition coefficient (Wildman–Crippen LogP) is 6.65. The summed E-state index contributed by atoms with van der Waals surface area (Å²) in [5.41, 5.74) is 5.01. The highest BCUT2D eigenvalue weighted by Crippen LogP contribution is 2.51. The van der Waals surface area contributed by atoms with Gasteiger partial charge in [0.25, 0.3) is 0 Å². The summed E-state index contributed by atoms with van der Waals surface area (Å²) in [4.78, 5) is 2.53. The molecule has 1 atom stereocenters. The molecule has 0 bridgehead atoms. The Balaban J connectivity index is 2.65. The van der Waals surface area contributed by atoms with Crippen LogP contribution < -0.4 is 10.2 Å². The fraction of sp³-hybridized carbons (Fsp3) is 0.520. The fourth-order valence-corrected chi connectivity index (χ4v) is 6.12. The first-order valence-corrected chi connectivity index (χ1v) is 11.6. The molecule has 0 heterocycles. The number of anilines is 1. The molecule has 154 valence electrons. The SMILES string of the molecule is CCC(CC)(Pc1c(C)cccc1N(C(C)C)C(C)C)c1cc(C)ccc1O. The number of aromatic hydroxyl groups is 1. The van der Waals surface area contributed by atoms with Gasteiger partial charge in [-0.25, -0.2) is 0 Å². The lowest BCUT2D eigenvalue weighted by Gasteiger charge is -2.39. The first kappa shape index (κ1) is 22.8. The lowest BCUT2D eigenvalue weighted by molar-refractivity contribution is 0.448. The molecule has 2 aromatic rings. The van der Waals surface area contributed by atoms with E-state index in [-0.39, 0.29) is 5.16 Å². The molecule has 2 nitrogen and oxygen atoms in total. The van der Waals surface area contributed by atoms with Gasteiger partial charge in [0.15, 0.2) is 0 Å². The number of hydrogen-bond donors (Lipinski definition) is 1. The van der Waals surface area contributed by atoms with Gasteiger partial charge < -0.3 is 10.0 Å². The molecule has 3 heteroatoms. The molecule has 0 radical (unpaired) electrons. The minimum atomic E-state index is -0.0450. The summed E-state index contributed by atoms with van der Waals surface area (Å²) >= 11 is 0. The van der Waals surface area contributed by atoms with Crippen LogP contribution in [0, 0.1) is 13.8 Å². The van der Waals surface area contributed by atoms with Crippen molar-refractivity contribution in [1.29, 1.82) is 0 Å². The molecule has 1 N–H and O–H groups in total. The summed E-state index contributed by atoms with van der Waals surface area (Å²) in [7, 11) is 0.610. The van der Waals surface area contributed by atoms with Crippen molar-refractivity contribution in [3.8, 4) is 5.75 Å². The smallest absolute Gasteiger partial charge is 0.119 e. The first-order chi connectivity index (χ1) is 13.2. The highest BCUT2D eigenvalue weighted by atomic mass is 31.1. The topological polar surface area (TPSA) is 23.5 Å². The fourth-order valence-electron chi connectivity index (χ4n) is 4.33. The zero-order valence-electron chi connectivity index (χ0n) is 18.9. The minimum Gasteiger partial charge on any atom is -0.508 e. The minimum absolute atomic E-state index is 0.0450. The van der Waals surface area contributed by atoms with Crippen molar-refractivity contribution < 1.29 is 5.11 Å². The Labute approximate surface area is 174 Å². The third kappa shape index (κ3) is 4.54. The van der Waals surface area contributed by atoms with Crippen LogP contribution in [0.15, 0.2) is 36.4 Å². The van der Waals surface area contributed by atoms with Gasteiger partial charge in [0, 0.05) is 28.5 Å². The lowest BCUT2D eigenvalue weighted by Crippen LogP contribution is -2.40. The molecule has 28 heavy (non-hydrogen) atoms. The number of phenols is 1. The van der Waals surface area contributed by atoms with E-state index in [1.807, 2.05) is 12.1 Å². The molecule has 0 amide bonds. The molecule has 2 rings (SSSR count). The van der Waals surface area contributed by atoms with Crippen LogP contribution in [-0.2, 0) is 5.16 Å². The van der Waals surface area contributed by atoms with Crippen LogP contribution in [0.2, 0.25) is 0 Å². The number of nitrogens with zero attached hydrogens (tertiary/aromatic N) is 1. The van der Waals surface area contributed by atoms with E-state index in [0.717, 1.165) is 18.4 Å². The van der Waals surface area contributed by atoms with Gasteiger partial charge in [0.1, 0.15) is 5.75 Å². The van der Waals surface area contributed by atoms with Crippen molar-refractivity contribution in [2.75, 3.05) is 4.90 Å². The summed E-state index contributed by atoms with van der Waals surface area (Å²) in [6, 6.07) is 13.6. The maximum absolute atomic E-state index is 10.7. The maximum Gasteiger partial charge on any atom is 0.119 e. The highest BCUT2D eigenvalue weighted by Gasteiger charge is 2.33. The van der Waals surface area contributed by atoms with Crippen LogP contribution in [0.3, 0.4) is 0 Å². The van der Waals surface area contributed by atoms with Gasteiger partial charge in [-0.2, -0.15) is 0 Å². The van der Waals surface area contributed by atoms with Crippen molar-refractivity contribution in [3.63, 3.8) is 0 Å². The third-order valence-corrected chi connectivity index (χ3v) is 8.24. The van der Waals surface area contributed by atoms with E-state index in [1.165, 1.54) is 22.1 Å². The summed E-state index contributed by atoms with van der Waals surface area (Å²) in [5, 5.41) is 12.1. The zero-order valence-corrected chi connectivity index (χ0v) is 19.9. The second kappa shape index (κ2) is 9.31. The molecule has 0 fully saturated rings. The van der Waals surface area contributed by atoms with Crippen LogP contribution in [-0.4, -0.2) is 17.2 Å². The van der Waals surface area contributed by atoms with E-state index < -0.39 is 0 Å². The van der Waals surface area contributed by atoms with E-state index in [0.29, 0.717) is 26.4 Å². The summed E-state index contributed by atoms with van der Waals surface area (Å²) in [5.74, 6) is 0.432. The molecular weight excluding hydrogens is 361 g/mol. The van der Waals surface area contributed by atoms with E-state index in [1.54, 1.807) is 0 Å². The first-order valence-electron chi connectivity index (χ1n) is 10.6. The van der Waals surface area contributed by atoms with E-state index in [9.17, 15) is 5.11 Å². The quantitative estimate of drug-likeness (QED) is 0.502. The number of rotatable bonds is 8. The molecule has 0 saturated carbocycles. The standard InChI is InChI=1S/C25H38NOP/c1-9-25(10-2,21-16-19(7)14-15-23(21)27)28-24-20(8)12-11-13-22(24)26(17(3)4)18(5)6/h11-18,27-28H,9-10H2,1-8H3. The van der Waals surface area contributed by atoms with Crippen molar-refractivity contribution in [2.45, 2.75) is 85.5 Å².